The number of thiazole rings is 1. The van der Waals surface area contributed by atoms with Crippen molar-refractivity contribution < 1.29 is 9.90 Å². The zero-order valence-corrected chi connectivity index (χ0v) is 13.6. The standard InChI is InChI=1S/C13H8BrN3O2S2/c14-7-4-10(20-5-7)13-16-8(6-21-13)12(19)17-11-9(18)2-1-3-15-11/h1-6,18H,(H,15,17,19). The lowest BCUT2D eigenvalue weighted by Crippen LogP contribution is -2.13. The number of anilines is 1. The fourth-order valence-electron chi connectivity index (χ4n) is 1.58. The van der Waals surface area contributed by atoms with E-state index in [9.17, 15) is 9.90 Å². The maximum Gasteiger partial charge on any atom is 0.276 e. The Kier molecular flexibility index (Phi) is 4.00. The van der Waals surface area contributed by atoms with Crippen molar-refractivity contribution >= 4 is 50.3 Å². The third-order valence-electron chi connectivity index (χ3n) is 2.53. The highest BCUT2D eigenvalue weighted by Crippen LogP contribution is 2.32. The molecule has 0 bridgehead atoms. The maximum absolute atomic E-state index is 12.1. The van der Waals surface area contributed by atoms with E-state index in [0.717, 1.165) is 14.4 Å². The van der Waals surface area contributed by atoms with Crippen molar-refractivity contribution in [3.8, 4) is 15.6 Å². The van der Waals surface area contributed by atoms with Gasteiger partial charge >= 0.3 is 0 Å². The molecule has 0 atom stereocenters. The molecule has 0 spiro atoms. The lowest BCUT2D eigenvalue weighted by Gasteiger charge is -2.03. The first-order chi connectivity index (χ1) is 10.1. The molecule has 0 aliphatic carbocycles. The average molecular weight is 382 g/mol. The molecule has 3 aromatic heterocycles. The summed E-state index contributed by atoms with van der Waals surface area (Å²) >= 11 is 6.33. The van der Waals surface area contributed by atoms with Crippen molar-refractivity contribution in [2.75, 3.05) is 5.32 Å². The van der Waals surface area contributed by atoms with Gasteiger partial charge in [-0.15, -0.1) is 22.7 Å². The summed E-state index contributed by atoms with van der Waals surface area (Å²) in [5.74, 6) is -0.360. The highest BCUT2D eigenvalue weighted by Gasteiger charge is 2.15. The highest BCUT2D eigenvalue weighted by molar-refractivity contribution is 9.10. The van der Waals surface area contributed by atoms with Gasteiger partial charge in [-0.1, -0.05) is 0 Å². The summed E-state index contributed by atoms with van der Waals surface area (Å²) in [7, 11) is 0. The summed E-state index contributed by atoms with van der Waals surface area (Å²) in [5, 5.41) is 16.5. The first kappa shape index (κ1) is 14.2. The number of amides is 1. The van der Waals surface area contributed by atoms with Gasteiger partial charge in [-0.25, -0.2) is 9.97 Å². The Labute approximate surface area is 136 Å². The minimum Gasteiger partial charge on any atom is -0.504 e. The number of hydrogen-bond donors (Lipinski definition) is 2. The molecule has 0 aromatic carbocycles. The third kappa shape index (κ3) is 3.12. The Hall–Kier alpha value is -1.77. The molecule has 3 aromatic rings. The second-order valence-electron chi connectivity index (χ2n) is 3.99. The predicted molar refractivity (Wildman–Crippen MR) is 87.0 cm³/mol. The molecule has 3 rings (SSSR count). The van der Waals surface area contributed by atoms with Crippen LogP contribution in [-0.2, 0) is 0 Å². The number of rotatable bonds is 3. The topological polar surface area (TPSA) is 75.1 Å². The second kappa shape index (κ2) is 5.92. The quantitative estimate of drug-likeness (QED) is 0.719. The van der Waals surface area contributed by atoms with Crippen molar-refractivity contribution in [2.24, 2.45) is 0 Å². The molecule has 0 radical (unpaired) electrons. The average Bonchev–Trinajstić information content (AvgIpc) is 3.10. The molecular weight excluding hydrogens is 374 g/mol. The molecule has 0 fully saturated rings. The fourth-order valence-corrected chi connectivity index (χ4v) is 3.89. The van der Waals surface area contributed by atoms with Crippen molar-refractivity contribution in [1.82, 2.24) is 9.97 Å². The normalized spacial score (nSPS) is 10.5. The van der Waals surface area contributed by atoms with Crippen LogP contribution in [-0.4, -0.2) is 21.0 Å². The van der Waals surface area contributed by atoms with Gasteiger partial charge in [-0.05, 0) is 34.1 Å². The fraction of sp³-hybridized carbons (Fsp3) is 0. The molecule has 2 N–H and O–H groups in total. The Morgan fingerprint density at radius 3 is 2.90 bits per heavy atom. The van der Waals surface area contributed by atoms with Crippen LogP contribution in [0.2, 0.25) is 0 Å². The number of aromatic hydroxyl groups is 1. The molecule has 0 unspecified atom stereocenters. The molecular formula is C13H8BrN3O2S2. The van der Waals surface area contributed by atoms with Crippen LogP contribution in [0.15, 0.2) is 39.6 Å². The number of pyridine rings is 1. The Morgan fingerprint density at radius 1 is 1.33 bits per heavy atom. The van der Waals surface area contributed by atoms with E-state index in [0.29, 0.717) is 5.69 Å². The van der Waals surface area contributed by atoms with Crippen LogP contribution in [0.3, 0.4) is 0 Å². The Morgan fingerprint density at radius 2 is 2.19 bits per heavy atom. The summed E-state index contributed by atoms with van der Waals surface area (Å²) in [6, 6.07) is 4.99. The van der Waals surface area contributed by atoms with E-state index < -0.39 is 5.91 Å². The molecule has 1 amide bonds. The smallest absolute Gasteiger partial charge is 0.276 e. The first-order valence-corrected chi connectivity index (χ1v) is 8.34. The Bertz CT molecular complexity index is 800. The lowest BCUT2D eigenvalue weighted by molar-refractivity contribution is 0.102. The summed E-state index contributed by atoms with van der Waals surface area (Å²) in [5.41, 5.74) is 0.296. The molecule has 0 saturated heterocycles. The molecule has 3 heterocycles. The van der Waals surface area contributed by atoms with Gasteiger partial charge < -0.3 is 10.4 Å². The summed E-state index contributed by atoms with van der Waals surface area (Å²) in [6.07, 6.45) is 1.49. The van der Waals surface area contributed by atoms with Crippen LogP contribution < -0.4 is 5.32 Å². The van der Waals surface area contributed by atoms with Gasteiger partial charge in [0, 0.05) is 21.4 Å². The number of halogens is 1. The zero-order chi connectivity index (χ0) is 14.8. The zero-order valence-electron chi connectivity index (χ0n) is 10.4. The highest BCUT2D eigenvalue weighted by atomic mass is 79.9. The number of carbonyl (C=O) groups is 1. The van der Waals surface area contributed by atoms with Gasteiger partial charge in [-0.2, -0.15) is 0 Å². The molecule has 0 aliphatic rings. The van der Waals surface area contributed by atoms with Crippen molar-refractivity contribution in [1.29, 1.82) is 0 Å². The number of nitrogens with one attached hydrogen (secondary N) is 1. The summed E-state index contributed by atoms with van der Waals surface area (Å²) in [4.78, 5) is 21.3. The van der Waals surface area contributed by atoms with E-state index in [1.807, 2.05) is 11.4 Å². The van der Waals surface area contributed by atoms with Crippen LogP contribution in [0.5, 0.6) is 5.75 Å². The SMILES string of the molecule is O=C(Nc1ncccc1O)c1csc(-c2cc(Br)cs2)n1. The number of hydrogen-bond acceptors (Lipinski definition) is 6. The largest absolute Gasteiger partial charge is 0.504 e. The van der Waals surface area contributed by atoms with Crippen LogP contribution in [0, 0.1) is 0 Å². The number of aromatic nitrogens is 2. The van der Waals surface area contributed by atoms with Crippen LogP contribution >= 0.6 is 38.6 Å². The molecule has 0 saturated carbocycles. The van der Waals surface area contributed by atoms with Gasteiger partial charge in [-0.3, -0.25) is 4.79 Å². The van der Waals surface area contributed by atoms with Crippen molar-refractivity contribution in [2.45, 2.75) is 0 Å². The first-order valence-electron chi connectivity index (χ1n) is 5.79. The summed E-state index contributed by atoms with van der Waals surface area (Å²) in [6.45, 7) is 0. The molecule has 0 aliphatic heterocycles. The van der Waals surface area contributed by atoms with Crippen LogP contribution in [0.1, 0.15) is 10.5 Å². The third-order valence-corrected chi connectivity index (χ3v) is 5.24. The van der Waals surface area contributed by atoms with Gasteiger partial charge in [0.2, 0.25) is 0 Å². The van der Waals surface area contributed by atoms with E-state index in [1.54, 1.807) is 22.8 Å². The minimum atomic E-state index is -0.401. The van der Waals surface area contributed by atoms with Gasteiger partial charge in [0.05, 0.1) is 4.88 Å². The van der Waals surface area contributed by atoms with E-state index in [4.69, 9.17) is 0 Å². The van der Waals surface area contributed by atoms with E-state index >= 15 is 0 Å². The number of thiophene rings is 1. The van der Waals surface area contributed by atoms with Crippen molar-refractivity contribution in [3.05, 3.63) is 45.3 Å². The van der Waals surface area contributed by atoms with Crippen LogP contribution in [0.25, 0.3) is 9.88 Å². The van der Waals surface area contributed by atoms with Gasteiger partial charge in [0.15, 0.2) is 11.6 Å². The lowest BCUT2D eigenvalue weighted by atomic mass is 10.4. The molecule has 106 valence electrons. The molecule has 5 nitrogen and oxygen atoms in total. The number of nitrogens with zero attached hydrogens (tertiary/aromatic N) is 2. The van der Waals surface area contributed by atoms with Crippen LogP contribution in [0.4, 0.5) is 5.82 Å². The molecule has 21 heavy (non-hydrogen) atoms. The van der Waals surface area contributed by atoms with E-state index in [-0.39, 0.29) is 11.6 Å². The molecule has 8 heteroatoms. The van der Waals surface area contributed by atoms with E-state index in [1.165, 1.54) is 23.6 Å². The van der Waals surface area contributed by atoms with E-state index in [2.05, 4.69) is 31.2 Å². The van der Waals surface area contributed by atoms with Gasteiger partial charge in [0.1, 0.15) is 10.7 Å². The van der Waals surface area contributed by atoms with Gasteiger partial charge in [0.25, 0.3) is 5.91 Å². The van der Waals surface area contributed by atoms with Crippen molar-refractivity contribution in [3.63, 3.8) is 0 Å². The monoisotopic (exact) mass is 381 g/mol. The Balaban J connectivity index is 1.80. The maximum atomic E-state index is 12.1. The predicted octanol–water partition coefficient (Wildman–Crippen LogP) is 3.99. The number of carbonyl (C=O) groups excluding carboxylic acids is 1. The summed E-state index contributed by atoms with van der Waals surface area (Å²) < 4.78 is 0.988. The minimum absolute atomic E-state index is 0.0801. The second-order valence-corrected chi connectivity index (χ2v) is 6.68.